The first-order chi connectivity index (χ1) is 13.9. The molecule has 29 heavy (non-hydrogen) atoms. The summed E-state index contributed by atoms with van der Waals surface area (Å²) in [5, 5.41) is 6.69. The molecule has 4 fully saturated rings. The van der Waals surface area contributed by atoms with Crippen molar-refractivity contribution in [2.24, 2.45) is 29.1 Å². The summed E-state index contributed by atoms with van der Waals surface area (Å²) in [7, 11) is 0. The summed E-state index contributed by atoms with van der Waals surface area (Å²) >= 11 is 1.47. The third-order valence-corrected chi connectivity index (χ3v) is 8.23. The Morgan fingerprint density at radius 3 is 2.28 bits per heavy atom. The van der Waals surface area contributed by atoms with E-state index in [2.05, 4.69) is 15.6 Å². The Morgan fingerprint density at radius 2 is 1.69 bits per heavy atom. The minimum absolute atomic E-state index is 0.0160. The molecule has 4 saturated carbocycles. The Hall–Kier alpha value is -1.95. The maximum absolute atomic E-state index is 13.4. The Balaban J connectivity index is 1.31. The second-order valence-corrected chi connectivity index (χ2v) is 10.9. The molecule has 6 heteroatoms. The zero-order chi connectivity index (χ0) is 20.2. The average molecular weight is 412 g/mol. The van der Waals surface area contributed by atoms with Gasteiger partial charge in [0.2, 0.25) is 11.8 Å². The van der Waals surface area contributed by atoms with Gasteiger partial charge in [-0.3, -0.25) is 9.59 Å². The fourth-order valence-corrected chi connectivity index (χ4v) is 7.20. The molecular formula is C23H29N3O2S. The number of amides is 2. The van der Waals surface area contributed by atoms with Crippen LogP contribution in [-0.2, 0) is 9.59 Å². The molecule has 1 heterocycles. The Kier molecular flexibility index (Phi) is 4.65. The van der Waals surface area contributed by atoms with Gasteiger partial charge in [-0.1, -0.05) is 37.3 Å². The molecule has 1 unspecified atom stereocenters. The molecule has 2 aromatic rings. The number of carbonyl (C=O) groups excluding carboxylic acids is 2. The van der Waals surface area contributed by atoms with Gasteiger partial charge >= 0.3 is 0 Å². The number of carbonyl (C=O) groups is 2. The van der Waals surface area contributed by atoms with E-state index in [0.29, 0.717) is 22.9 Å². The highest BCUT2D eigenvalue weighted by Crippen LogP contribution is 2.60. The standard InChI is InChI=1S/C23H29N3O2S/c1-13(2)19(20(27)26-22-24-17-5-3-4-6-18(17)29-22)25-21(28)23-10-14-7-15(11-23)9-16(8-14)12-23/h3-6,13-16,19H,7-12H2,1-2H3,(H,25,28)(H,24,26,27). The Bertz CT molecular complexity index is 882. The highest BCUT2D eigenvalue weighted by molar-refractivity contribution is 7.22. The molecular weight excluding hydrogens is 382 g/mol. The summed E-state index contributed by atoms with van der Waals surface area (Å²) in [6, 6.07) is 7.31. The van der Waals surface area contributed by atoms with E-state index < -0.39 is 6.04 Å². The predicted octanol–water partition coefficient (Wildman–Crippen LogP) is 4.59. The Labute approximate surface area is 175 Å². The minimum Gasteiger partial charge on any atom is -0.344 e. The first kappa shape index (κ1) is 19.0. The molecule has 0 radical (unpaired) electrons. The van der Waals surface area contributed by atoms with Gasteiger partial charge in [0, 0.05) is 5.41 Å². The lowest BCUT2D eigenvalue weighted by atomic mass is 9.49. The quantitative estimate of drug-likeness (QED) is 0.756. The lowest BCUT2D eigenvalue weighted by Crippen LogP contribution is -2.57. The minimum atomic E-state index is -0.539. The largest absolute Gasteiger partial charge is 0.344 e. The van der Waals surface area contributed by atoms with E-state index in [4.69, 9.17) is 0 Å². The monoisotopic (exact) mass is 411 g/mol. The van der Waals surface area contributed by atoms with Crippen LogP contribution >= 0.6 is 11.3 Å². The number of rotatable bonds is 5. The van der Waals surface area contributed by atoms with Crippen molar-refractivity contribution < 1.29 is 9.59 Å². The molecule has 0 spiro atoms. The lowest BCUT2D eigenvalue weighted by molar-refractivity contribution is -0.148. The zero-order valence-corrected chi connectivity index (χ0v) is 17.9. The number of aromatic nitrogens is 1. The van der Waals surface area contributed by atoms with Crippen molar-refractivity contribution in [3.8, 4) is 0 Å². The summed E-state index contributed by atoms with van der Waals surface area (Å²) in [6.45, 7) is 3.98. The molecule has 4 bridgehead atoms. The van der Waals surface area contributed by atoms with Crippen molar-refractivity contribution in [3.63, 3.8) is 0 Å². The van der Waals surface area contributed by atoms with Crippen LogP contribution in [-0.4, -0.2) is 22.8 Å². The van der Waals surface area contributed by atoms with Crippen LogP contribution in [0.5, 0.6) is 0 Å². The van der Waals surface area contributed by atoms with Crippen LogP contribution in [0.3, 0.4) is 0 Å². The lowest BCUT2D eigenvalue weighted by Gasteiger charge is -2.55. The van der Waals surface area contributed by atoms with E-state index in [1.165, 1.54) is 30.6 Å². The zero-order valence-electron chi connectivity index (χ0n) is 17.1. The summed E-state index contributed by atoms with van der Waals surface area (Å²) in [5.74, 6) is 2.08. The van der Waals surface area contributed by atoms with Gasteiger partial charge < -0.3 is 10.6 Å². The number of para-hydroxylation sites is 1. The summed E-state index contributed by atoms with van der Waals surface area (Å²) in [6.07, 6.45) is 6.94. The second kappa shape index (κ2) is 7.08. The number of fused-ring (bicyclic) bond motifs is 1. The molecule has 4 aliphatic rings. The average Bonchev–Trinajstić information content (AvgIpc) is 3.06. The van der Waals surface area contributed by atoms with Crippen molar-refractivity contribution in [3.05, 3.63) is 24.3 Å². The summed E-state index contributed by atoms with van der Waals surface area (Å²) in [5.41, 5.74) is 0.643. The van der Waals surface area contributed by atoms with Crippen LogP contribution in [0, 0.1) is 29.1 Å². The highest BCUT2D eigenvalue weighted by Gasteiger charge is 2.55. The van der Waals surface area contributed by atoms with Gasteiger partial charge in [-0.25, -0.2) is 4.98 Å². The molecule has 1 atom stereocenters. The first-order valence-electron chi connectivity index (χ1n) is 10.9. The molecule has 0 saturated heterocycles. The van der Waals surface area contributed by atoms with E-state index >= 15 is 0 Å². The Morgan fingerprint density at radius 1 is 1.07 bits per heavy atom. The van der Waals surface area contributed by atoms with Gasteiger partial charge in [-0.2, -0.15) is 0 Å². The molecule has 0 aliphatic heterocycles. The molecule has 154 valence electrons. The number of hydrogen-bond donors (Lipinski definition) is 2. The fourth-order valence-electron chi connectivity index (χ4n) is 6.33. The highest BCUT2D eigenvalue weighted by atomic mass is 32.1. The van der Waals surface area contributed by atoms with Gasteiger partial charge in [0.1, 0.15) is 6.04 Å². The van der Waals surface area contributed by atoms with Crippen molar-refractivity contribution in [1.29, 1.82) is 0 Å². The number of hydrogen-bond acceptors (Lipinski definition) is 4. The van der Waals surface area contributed by atoms with Crippen LogP contribution in [0.25, 0.3) is 10.2 Å². The molecule has 2 amide bonds. The van der Waals surface area contributed by atoms with Crippen LogP contribution in [0.4, 0.5) is 5.13 Å². The van der Waals surface area contributed by atoms with E-state index in [1.54, 1.807) is 0 Å². The van der Waals surface area contributed by atoms with Crippen molar-refractivity contribution in [2.45, 2.75) is 58.4 Å². The maximum atomic E-state index is 13.4. The number of benzene rings is 1. The summed E-state index contributed by atoms with van der Waals surface area (Å²) in [4.78, 5) is 30.9. The van der Waals surface area contributed by atoms with Gasteiger partial charge in [-0.15, -0.1) is 0 Å². The van der Waals surface area contributed by atoms with Crippen molar-refractivity contribution in [1.82, 2.24) is 10.3 Å². The van der Waals surface area contributed by atoms with Crippen LogP contribution < -0.4 is 10.6 Å². The summed E-state index contributed by atoms with van der Waals surface area (Å²) < 4.78 is 1.04. The fraction of sp³-hybridized carbons (Fsp3) is 0.609. The molecule has 5 nitrogen and oxygen atoms in total. The van der Waals surface area contributed by atoms with Gasteiger partial charge in [0.15, 0.2) is 5.13 Å². The molecule has 1 aromatic carbocycles. The molecule has 4 aliphatic carbocycles. The van der Waals surface area contributed by atoms with E-state index in [-0.39, 0.29) is 23.1 Å². The first-order valence-corrected chi connectivity index (χ1v) is 11.7. The van der Waals surface area contributed by atoms with E-state index in [0.717, 1.165) is 29.5 Å². The predicted molar refractivity (Wildman–Crippen MR) is 116 cm³/mol. The van der Waals surface area contributed by atoms with Crippen LogP contribution in [0.15, 0.2) is 24.3 Å². The number of nitrogens with one attached hydrogen (secondary N) is 2. The number of thiazole rings is 1. The van der Waals surface area contributed by atoms with Crippen molar-refractivity contribution >= 4 is 38.5 Å². The smallest absolute Gasteiger partial charge is 0.248 e. The maximum Gasteiger partial charge on any atom is 0.248 e. The molecule has 6 rings (SSSR count). The van der Waals surface area contributed by atoms with Gasteiger partial charge in [-0.05, 0) is 74.3 Å². The van der Waals surface area contributed by atoms with Crippen molar-refractivity contribution in [2.75, 3.05) is 5.32 Å². The third-order valence-electron chi connectivity index (χ3n) is 7.28. The van der Waals surface area contributed by atoms with E-state index in [9.17, 15) is 9.59 Å². The van der Waals surface area contributed by atoms with Gasteiger partial charge in [0.05, 0.1) is 10.2 Å². The molecule has 2 N–H and O–H groups in total. The normalized spacial score (nSPS) is 31.2. The molecule has 1 aromatic heterocycles. The van der Waals surface area contributed by atoms with Crippen LogP contribution in [0.1, 0.15) is 52.4 Å². The van der Waals surface area contributed by atoms with Gasteiger partial charge in [0.25, 0.3) is 0 Å². The number of anilines is 1. The van der Waals surface area contributed by atoms with E-state index in [1.807, 2.05) is 38.1 Å². The third kappa shape index (κ3) is 3.45. The van der Waals surface area contributed by atoms with Crippen LogP contribution in [0.2, 0.25) is 0 Å². The topological polar surface area (TPSA) is 71.1 Å². The second-order valence-electron chi connectivity index (χ2n) is 9.87. The SMILES string of the molecule is CC(C)C(NC(=O)C12CC3CC(CC(C3)C1)C2)C(=O)Nc1nc2ccccc2s1. The number of nitrogens with zero attached hydrogens (tertiary/aromatic N) is 1.